The molecule has 0 aliphatic carbocycles. The van der Waals surface area contributed by atoms with E-state index in [1.807, 2.05) is 0 Å². The van der Waals surface area contributed by atoms with Gasteiger partial charge >= 0.3 is 0 Å². The van der Waals surface area contributed by atoms with Gasteiger partial charge in [0.05, 0.1) is 5.02 Å². The third kappa shape index (κ3) is 5.31. The van der Waals surface area contributed by atoms with Crippen molar-refractivity contribution in [3.8, 4) is 0 Å². The summed E-state index contributed by atoms with van der Waals surface area (Å²) in [6.07, 6.45) is 1.52. The van der Waals surface area contributed by atoms with Crippen molar-refractivity contribution in [1.82, 2.24) is 4.98 Å². The number of carbonyl (C=O) groups is 2. The lowest BCUT2D eigenvalue weighted by atomic mass is 9.97. The minimum atomic E-state index is -0.365. The van der Waals surface area contributed by atoms with Crippen molar-refractivity contribution in [2.75, 3.05) is 12.4 Å². The van der Waals surface area contributed by atoms with Crippen molar-refractivity contribution in [3.63, 3.8) is 0 Å². The van der Waals surface area contributed by atoms with Crippen LogP contribution in [0.5, 0.6) is 0 Å². The van der Waals surface area contributed by atoms with Crippen LogP contribution >= 0.6 is 27.5 Å². The molecule has 0 fully saturated rings. The van der Waals surface area contributed by atoms with Crippen LogP contribution in [-0.4, -0.2) is 29.6 Å². The number of nitrogens with zero attached hydrogens (tertiary/aromatic N) is 2. The number of halogens is 2. The van der Waals surface area contributed by atoms with E-state index < -0.39 is 0 Å². The average molecular weight is 486 g/mol. The molecule has 2 aromatic carbocycles. The second kappa shape index (κ2) is 9.65. The highest BCUT2D eigenvalue weighted by Gasteiger charge is 2.16. The van der Waals surface area contributed by atoms with Crippen LogP contribution in [0.15, 0.2) is 70.3 Å². The quantitative estimate of drug-likeness (QED) is 0.305. The van der Waals surface area contributed by atoms with Gasteiger partial charge in [-0.3, -0.25) is 14.6 Å². The lowest BCUT2D eigenvalue weighted by Crippen LogP contribution is -2.17. The summed E-state index contributed by atoms with van der Waals surface area (Å²) in [7, 11) is 1.61. The molecule has 0 radical (unpaired) electrons. The normalized spacial score (nSPS) is 11.2. The number of Topliss-reactive ketones (excluding diaryl/α,β-unsaturated/α-hetero) is 1. The molecule has 0 bridgehead atoms. The molecule has 3 N–H and O–H groups in total. The Morgan fingerprint density at radius 3 is 2.43 bits per heavy atom. The predicted octanol–water partition coefficient (Wildman–Crippen LogP) is 4.51. The lowest BCUT2D eigenvalue weighted by molar-refractivity contribution is 0.0992. The molecule has 1 amide bonds. The van der Waals surface area contributed by atoms with E-state index in [4.69, 9.17) is 17.3 Å². The summed E-state index contributed by atoms with van der Waals surface area (Å²) in [4.78, 5) is 33.6. The summed E-state index contributed by atoms with van der Waals surface area (Å²) in [6, 6.07) is 15.4. The van der Waals surface area contributed by atoms with Crippen molar-refractivity contribution in [2.24, 2.45) is 10.7 Å². The minimum absolute atomic E-state index is 0.0702. The number of amides is 1. The van der Waals surface area contributed by atoms with Crippen molar-refractivity contribution in [3.05, 3.63) is 92.5 Å². The standard InChI is InChI=1S/C22H18BrClN4O2/c1-26-21(25)14-4-2-13(3-5-14)19(29)10-15-6-7-16(23)11-18(15)22(30)28-20-9-8-17(24)12-27-20/h2-9,11-12H,10H2,1H3,(H2,25,26)(H,27,28,30). The van der Waals surface area contributed by atoms with Gasteiger partial charge in [-0.1, -0.05) is 57.9 Å². The van der Waals surface area contributed by atoms with E-state index in [1.54, 1.807) is 61.6 Å². The van der Waals surface area contributed by atoms with Gasteiger partial charge in [-0.25, -0.2) is 4.98 Å². The Balaban J connectivity index is 1.81. The Bertz CT molecular complexity index is 1110. The summed E-state index contributed by atoms with van der Waals surface area (Å²) >= 11 is 9.21. The number of hydrogen-bond acceptors (Lipinski definition) is 4. The number of benzene rings is 2. The third-order valence-corrected chi connectivity index (χ3v) is 5.10. The van der Waals surface area contributed by atoms with Gasteiger partial charge in [0.2, 0.25) is 0 Å². The number of anilines is 1. The van der Waals surface area contributed by atoms with Crippen molar-refractivity contribution >= 4 is 50.9 Å². The van der Waals surface area contributed by atoms with Gasteiger partial charge in [0.25, 0.3) is 5.91 Å². The first kappa shape index (κ1) is 21.7. The highest BCUT2D eigenvalue weighted by molar-refractivity contribution is 9.10. The minimum Gasteiger partial charge on any atom is -0.384 e. The maximum atomic E-state index is 12.8. The van der Waals surface area contributed by atoms with E-state index in [0.29, 0.717) is 33.4 Å². The van der Waals surface area contributed by atoms with E-state index in [2.05, 4.69) is 31.2 Å². The molecule has 0 atom stereocenters. The van der Waals surface area contributed by atoms with Crippen molar-refractivity contribution in [2.45, 2.75) is 6.42 Å². The average Bonchev–Trinajstić information content (AvgIpc) is 2.76. The fourth-order valence-electron chi connectivity index (χ4n) is 2.78. The van der Waals surface area contributed by atoms with Crippen LogP contribution in [0, 0.1) is 0 Å². The van der Waals surface area contributed by atoms with Gasteiger partial charge in [0.1, 0.15) is 11.7 Å². The summed E-state index contributed by atoms with van der Waals surface area (Å²) in [5.41, 5.74) is 8.04. The number of rotatable bonds is 6. The predicted molar refractivity (Wildman–Crippen MR) is 122 cm³/mol. The van der Waals surface area contributed by atoms with E-state index in [1.165, 1.54) is 6.20 Å². The molecule has 30 heavy (non-hydrogen) atoms. The molecular weight excluding hydrogens is 468 g/mol. The number of hydrogen-bond donors (Lipinski definition) is 2. The molecule has 0 spiro atoms. The smallest absolute Gasteiger partial charge is 0.257 e. The number of carbonyl (C=O) groups excluding carboxylic acids is 2. The molecule has 0 saturated carbocycles. The zero-order valence-corrected chi connectivity index (χ0v) is 18.4. The molecular formula is C22H18BrClN4O2. The first-order chi connectivity index (χ1) is 14.4. The Morgan fingerprint density at radius 2 is 1.80 bits per heavy atom. The summed E-state index contributed by atoms with van der Waals surface area (Å²) < 4.78 is 0.728. The van der Waals surface area contributed by atoms with Crippen LogP contribution in [0.25, 0.3) is 0 Å². The SMILES string of the molecule is CN=C(N)c1ccc(C(=O)Cc2ccc(Br)cc2C(=O)Nc2ccc(Cl)cn2)cc1. The first-order valence-electron chi connectivity index (χ1n) is 8.94. The second-order valence-electron chi connectivity index (χ2n) is 6.40. The second-order valence-corrected chi connectivity index (χ2v) is 7.76. The molecule has 0 saturated heterocycles. The molecule has 0 aliphatic rings. The Labute approximate surface area is 187 Å². The molecule has 6 nitrogen and oxygen atoms in total. The van der Waals surface area contributed by atoms with Crippen molar-refractivity contribution in [1.29, 1.82) is 0 Å². The number of amidine groups is 1. The van der Waals surface area contributed by atoms with Gasteiger partial charge < -0.3 is 11.1 Å². The van der Waals surface area contributed by atoms with E-state index >= 15 is 0 Å². The molecule has 3 aromatic rings. The third-order valence-electron chi connectivity index (χ3n) is 4.38. The fourth-order valence-corrected chi connectivity index (χ4v) is 3.25. The van der Waals surface area contributed by atoms with Crippen LogP contribution in [0.2, 0.25) is 5.02 Å². The molecule has 152 valence electrons. The summed E-state index contributed by atoms with van der Waals surface area (Å²) in [6.45, 7) is 0. The summed E-state index contributed by atoms with van der Waals surface area (Å²) in [5.74, 6) is 0.287. The van der Waals surface area contributed by atoms with E-state index in [0.717, 1.165) is 10.0 Å². The highest BCUT2D eigenvalue weighted by Crippen LogP contribution is 2.21. The molecule has 3 rings (SSSR count). The van der Waals surface area contributed by atoms with Gasteiger partial charge in [0, 0.05) is 40.8 Å². The largest absolute Gasteiger partial charge is 0.384 e. The Morgan fingerprint density at radius 1 is 1.10 bits per heavy atom. The maximum absolute atomic E-state index is 12.8. The van der Waals surface area contributed by atoms with Crippen LogP contribution < -0.4 is 11.1 Å². The maximum Gasteiger partial charge on any atom is 0.257 e. The Hall–Kier alpha value is -3.03. The monoisotopic (exact) mass is 484 g/mol. The van der Waals surface area contributed by atoms with Crippen LogP contribution in [-0.2, 0) is 6.42 Å². The summed E-state index contributed by atoms with van der Waals surface area (Å²) in [5, 5.41) is 3.20. The first-order valence-corrected chi connectivity index (χ1v) is 10.1. The molecule has 8 heteroatoms. The van der Waals surface area contributed by atoms with E-state index in [-0.39, 0.29) is 18.1 Å². The van der Waals surface area contributed by atoms with Crippen LogP contribution in [0.4, 0.5) is 5.82 Å². The van der Waals surface area contributed by atoms with Crippen molar-refractivity contribution < 1.29 is 9.59 Å². The van der Waals surface area contributed by atoms with E-state index in [9.17, 15) is 9.59 Å². The van der Waals surface area contributed by atoms with Gasteiger partial charge in [-0.2, -0.15) is 0 Å². The highest BCUT2D eigenvalue weighted by atomic mass is 79.9. The molecule has 1 heterocycles. The number of pyridine rings is 1. The number of nitrogens with two attached hydrogens (primary N) is 1. The number of aromatic nitrogens is 1. The molecule has 0 unspecified atom stereocenters. The zero-order valence-electron chi connectivity index (χ0n) is 16.0. The Kier molecular flexibility index (Phi) is 6.97. The number of ketones is 1. The number of nitrogens with one attached hydrogen (secondary N) is 1. The van der Waals surface area contributed by atoms with Crippen LogP contribution in [0.3, 0.4) is 0 Å². The fraction of sp³-hybridized carbons (Fsp3) is 0.0909. The van der Waals surface area contributed by atoms with Crippen LogP contribution in [0.1, 0.15) is 31.8 Å². The van der Waals surface area contributed by atoms with Gasteiger partial charge in [-0.05, 0) is 29.8 Å². The van der Waals surface area contributed by atoms with Gasteiger partial charge in [0.15, 0.2) is 5.78 Å². The topological polar surface area (TPSA) is 97.4 Å². The lowest BCUT2D eigenvalue weighted by Gasteiger charge is -2.11. The molecule has 0 aliphatic heterocycles. The molecule has 1 aromatic heterocycles. The zero-order chi connectivity index (χ0) is 21.7. The van der Waals surface area contributed by atoms with Gasteiger partial charge in [-0.15, -0.1) is 0 Å². The number of aliphatic imine (C=N–C) groups is 1.